The number of nitrogens with zero attached hydrogens (tertiary/aromatic N) is 1. The minimum Gasteiger partial charge on any atom is -0.315 e. The van der Waals surface area contributed by atoms with Crippen LogP contribution in [0.2, 0.25) is 0 Å². The molecule has 2 fully saturated rings. The first kappa shape index (κ1) is 17.2. The Balaban J connectivity index is 1.97. The third-order valence-electron chi connectivity index (χ3n) is 4.95. The Morgan fingerprint density at radius 3 is 2.48 bits per heavy atom. The number of nitrogens with one attached hydrogen (secondary N) is 2. The van der Waals surface area contributed by atoms with Gasteiger partial charge in [-0.2, -0.15) is 17.4 Å². The molecule has 1 aliphatic carbocycles. The Morgan fingerprint density at radius 1 is 1.14 bits per heavy atom. The van der Waals surface area contributed by atoms with Crippen LogP contribution in [0.25, 0.3) is 0 Å². The number of hydrogen-bond acceptors (Lipinski definition) is 3. The number of likely N-dealkylation sites (N-methyl/N-ethyl adjacent to an activating group) is 1. The van der Waals surface area contributed by atoms with Gasteiger partial charge in [0.1, 0.15) is 0 Å². The van der Waals surface area contributed by atoms with Gasteiger partial charge in [0.15, 0.2) is 0 Å². The number of hydrogen-bond donors (Lipinski definition) is 2. The molecule has 124 valence electrons. The van der Waals surface area contributed by atoms with Crippen LogP contribution in [0.15, 0.2) is 0 Å². The van der Waals surface area contributed by atoms with Crippen LogP contribution < -0.4 is 10.0 Å². The summed E-state index contributed by atoms with van der Waals surface area (Å²) in [5.41, 5.74) is 0. The molecule has 2 rings (SSSR count). The van der Waals surface area contributed by atoms with Crippen molar-refractivity contribution in [3.63, 3.8) is 0 Å². The fourth-order valence-corrected chi connectivity index (χ4v) is 5.40. The van der Waals surface area contributed by atoms with E-state index in [1.807, 2.05) is 6.92 Å². The molecule has 1 saturated heterocycles. The second kappa shape index (κ2) is 7.90. The van der Waals surface area contributed by atoms with E-state index in [1.54, 1.807) is 4.31 Å². The second-order valence-electron chi connectivity index (χ2n) is 6.52. The van der Waals surface area contributed by atoms with Crippen molar-refractivity contribution in [2.75, 3.05) is 19.6 Å². The molecule has 0 amide bonds. The van der Waals surface area contributed by atoms with Crippen LogP contribution in [-0.4, -0.2) is 44.4 Å². The van der Waals surface area contributed by atoms with Crippen LogP contribution in [-0.2, 0) is 10.2 Å². The minimum absolute atomic E-state index is 0.0548. The Hall–Kier alpha value is -0.170. The summed E-state index contributed by atoms with van der Waals surface area (Å²) in [5.74, 6) is 0.511. The van der Waals surface area contributed by atoms with Gasteiger partial charge in [0.2, 0.25) is 0 Å². The van der Waals surface area contributed by atoms with Crippen LogP contribution in [0.1, 0.15) is 58.8 Å². The SMILES string of the molecule is CCNCC1CCCCN1S(=O)(=O)NC(C)C1CCCC1. The molecule has 21 heavy (non-hydrogen) atoms. The van der Waals surface area contributed by atoms with Crippen molar-refractivity contribution in [3.8, 4) is 0 Å². The average molecular weight is 317 g/mol. The van der Waals surface area contributed by atoms with E-state index in [9.17, 15) is 8.42 Å². The van der Waals surface area contributed by atoms with E-state index in [-0.39, 0.29) is 12.1 Å². The highest BCUT2D eigenvalue weighted by molar-refractivity contribution is 7.87. The summed E-state index contributed by atoms with van der Waals surface area (Å²) < 4.78 is 30.1. The largest absolute Gasteiger partial charge is 0.315 e. The molecule has 5 nitrogen and oxygen atoms in total. The molecular formula is C15H31N3O2S. The standard InChI is InChI=1S/C15H31N3O2S/c1-3-16-12-15-10-6-7-11-18(15)21(19,20)17-13(2)14-8-4-5-9-14/h13-17H,3-12H2,1-2H3. The number of rotatable bonds is 7. The Labute approximate surface area is 130 Å². The molecule has 1 heterocycles. The first-order valence-corrected chi connectivity index (χ1v) is 9.98. The Morgan fingerprint density at radius 2 is 1.81 bits per heavy atom. The average Bonchev–Trinajstić information content (AvgIpc) is 2.99. The van der Waals surface area contributed by atoms with E-state index in [0.29, 0.717) is 12.5 Å². The van der Waals surface area contributed by atoms with Crippen molar-refractivity contribution >= 4 is 10.2 Å². The maximum atomic E-state index is 12.7. The lowest BCUT2D eigenvalue weighted by atomic mass is 10.0. The zero-order valence-corrected chi connectivity index (χ0v) is 14.3. The highest BCUT2D eigenvalue weighted by Crippen LogP contribution is 2.28. The van der Waals surface area contributed by atoms with Crippen molar-refractivity contribution in [2.24, 2.45) is 5.92 Å². The normalized spacial score (nSPS) is 27.0. The van der Waals surface area contributed by atoms with E-state index in [0.717, 1.165) is 45.2 Å². The minimum atomic E-state index is -3.36. The monoisotopic (exact) mass is 317 g/mol. The first-order chi connectivity index (χ1) is 10.0. The molecule has 6 heteroatoms. The zero-order chi connectivity index (χ0) is 15.3. The van der Waals surface area contributed by atoms with Gasteiger partial charge < -0.3 is 5.32 Å². The molecule has 1 aliphatic heterocycles. The predicted molar refractivity (Wildman–Crippen MR) is 86.4 cm³/mol. The van der Waals surface area contributed by atoms with E-state index in [1.165, 1.54) is 12.8 Å². The van der Waals surface area contributed by atoms with Gasteiger partial charge in [-0.1, -0.05) is 26.2 Å². The van der Waals surface area contributed by atoms with E-state index in [4.69, 9.17) is 0 Å². The molecule has 0 aromatic heterocycles. The summed E-state index contributed by atoms with van der Waals surface area (Å²) in [4.78, 5) is 0. The molecule has 0 bridgehead atoms. The highest BCUT2D eigenvalue weighted by atomic mass is 32.2. The van der Waals surface area contributed by atoms with Gasteiger partial charge >= 0.3 is 0 Å². The van der Waals surface area contributed by atoms with Gasteiger partial charge in [0, 0.05) is 25.2 Å². The number of piperidine rings is 1. The van der Waals surface area contributed by atoms with Crippen molar-refractivity contribution in [1.29, 1.82) is 0 Å². The van der Waals surface area contributed by atoms with Gasteiger partial charge in [-0.3, -0.25) is 0 Å². The molecule has 1 saturated carbocycles. The highest BCUT2D eigenvalue weighted by Gasteiger charge is 2.34. The van der Waals surface area contributed by atoms with E-state index < -0.39 is 10.2 Å². The topological polar surface area (TPSA) is 61.4 Å². The molecular weight excluding hydrogens is 286 g/mol. The van der Waals surface area contributed by atoms with Gasteiger partial charge in [-0.15, -0.1) is 0 Å². The first-order valence-electron chi connectivity index (χ1n) is 8.54. The van der Waals surface area contributed by atoms with Crippen LogP contribution in [0.4, 0.5) is 0 Å². The maximum absolute atomic E-state index is 12.7. The van der Waals surface area contributed by atoms with Gasteiger partial charge in [0.05, 0.1) is 0 Å². The van der Waals surface area contributed by atoms with Crippen molar-refractivity contribution < 1.29 is 8.42 Å². The van der Waals surface area contributed by atoms with E-state index in [2.05, 4.69) is 17.0 Å². The molecule has 0 aromatic carbocycles. The summed E-state index contributed by atoms with van der Waals surface area (Å²) in [7, 11) is -3.36. The van der Waals surface area contributed by atoms with E-state index >= 15 is 0 Å². The molecule has 0 spiro atoms. The maximum Gasteiger partial charge on any atom is 0.279 e. The molecule has 2 unspecified atom stereocenters. The second-order valence-corrected chi connectivity index (χ2v) is 8.18. The lowest BCUT2D eigenvalue weighted by Gasteiger charge is -2.36. The quantitative estimate of drug-likeness (QED) is 0.753. The van der Waals surface area contributed by atoms with Crippen LogP contribution in [0.3, 0.4) is 0 Å². The van der Waals surface area contributed by atoms with Crippen LogP contribution in [0, 0.1) is 5.92 Å². The summed E-state index contributed by atoms with van der Waals surface area (Å²) >= 11 is 0. The lowest BCUT2D eigenvalue weighted by molar-refractivity contribution is 0.240. The molecule has 2 aliphatic rings. The van der Waals surface area contributed by atoms with Gasteiger partial charge in [-0.05, 0) is 45.1 Å². The Kier molecular flexibility index (Phi) is 6.47. The summed E-state index contributed by atoms with van der Waals surface area (Å²) in [6.07, 6.45) is 7.86. The molecule has 2 N–H and O–H groups in total. The summed E-state index contributed by atoms with van der Waals surface area (Å²) in [5, 5.41) is 3.29. The third-order valence-corrected chi connectivity index (χ3v) is 6.72. The fourth-order valence-electron chi connectivity index (χ4n) is 3.66. The van der Waals surface area contributed by atoms with Crippen molar-refractivity contribution in [3.05, 3.63) is 0 Å². The van der Waals surface area contributed by atoms with Crippen LogP contribution >= 0.6 is 0 Å². The van der Waals surface area contributed by atoms with Crippen molar-refractivity contribution in [2.45, 2.75) is 70.9 Å². The molecule has 0 aromatic rings. The van der Waals surface area contributed by atoms with Gasteiger partial charge in [0.25, 0.3) is 10.2 Å². The summed E-state index contributed by atoms with van der Waals surface area (Å²) in [6.45, 7) is 6.38. The van der Waals surface area contributed by atoms with Crippen molar-refractivity contribution in [1.82, 2.24) is 14.3 Å². The third kappa shape index (κ3) is 4.65. The zero-order valence-electron chi connectivity index (χ0n) is 13.5. The predicted octanol–water partition coefficient (Wildman–Crippen LogP) is 1.86. The smallest absolute Gasteiger partial charge is 0.279 e. The fraction of sp³-hybridized carbons (Fsp3) is 1.00. The summed E-state index contributed by atoms with van der Waals surface area (Å²) in [6, 6.07) is 0.159. The lowest BCUT2D eigenvalue weighted by Crippen LogP contribution is -2.54. The Bertz CT molecular complexity index is 407. The molecule has 2 atom stereocenters. The molecule has 0 radical (unpaired) electrons. The van der Waals surface area contributed by atoms with Gasteiger partial charge in [-0.25, -0.2) is 0 Å². The van der Waals surface area contributed by atoms with Crippen LogP contribution in [0.5, 0.6) is 0 Å².